The molecule has 0 bridgehead atoms. The van der Waals surface area contributed by atoms with Crippen molar-refractivity contribution in [2.24, 2.45) is 0 Å². The Morgan fingerprint density at radius 2 is 2.24 bits per heavy atom. The Morgan fingerprint density at radius 3 is 2.88 bits per heavy atom. The van der Waals surface area contributed by atoms with Crippen LogP contribution in [0.15, 0.2) is 30.9 Å². The van der Waals surface area contributed by atoms with Crippen molar-refractivity contribution in [3.63, 3.8) is 0 Å². The second kappa shape index (κ2) is 5.00. The lowest BCUT2D eigenvalue weighted by molar-refractivity contribution is -0.117. The number of nitrogens with zero attached hydrogens (tertiary/aromatic N) is 1. The molecule has 1 atom stereocenters. The fraction of sp³-hybridized carbons (Fsp3) is 0.231. The summed E-state index contributed by atoms with van der Waals surface area (Å²) >= 11 is 2.15. The van der Waals surface area contributed by atoms with Gasteiger partial charge in [-0.2, -0.15) is 0 Å². The number of carbonyl (C=O) groups is 2. The number of aldehydes is 1. The van der Waals surface area contributed by atoms with Crippen LogP contribution in [0.25, 0.3) is 0 Å². The van der Waals surface area contributed by atoms with Crippen LogP contribution < -0.4 is 4.90 Å². The van der Waals surface area contributed by atoms with Crippen molar-refractivity contribution >= 4 is 40.5 Å². The van der Waals surface area contributed by atoms with E-state index in [4.69, 9.17) is 0 Å². The van der Waals surface area contributed by atoms with E-state index in [1.807, 2.05) is 12.1 Å². The van der Waals surface area contributed by atoms with Crippen LogP contribution in [0.2, 0.25) is 0 Å². The molecule has 1 aromatic carbocycles. The molecule has 0 aromatic heterocycles. The first-order chi connectivity index (χ1) is 8.17. The van der Waals surface area contributed by atoms with Crippen LogP contribution in [0.4, 0.5) is 5.69 Å². The molecule has 1 aliphatic heterocycles. The maximum absolute atomic E-state index is 11.9. The van der Waals surface area contributed by atoms with Gasteiger partial charge in [0.2, 0.25) is 5.91 Å². The zero-order chi connectivity index (χ0) is 12.4. The summed E-state index contributed by atoms with van der Waals surface area (Å²) in [5.74, 6) is 0.0548. The van der Waals surface area contributed by atoms with Crippen molar-refractivity contribution in [1.29, 1.82) is 0 Å². The molecule has 1 aliphatic rings. The molecule has 1 amide bonds. The summed E-state index contributed by atoms with van der Waals surface area (Å²) in [5, 5.41) is 0. The number of hydrogen-bond acceptors (Lipinski definition) is 2. The van der Waals surface area contributed by atoms with E-state index < -0.39 is 0 Å². The van der Waals surface area contributed by atoms with Gasteiger partial charge in [0.25, 0.3) is 0 Å². The van der Waals surface area contributed by atoms with Gasteiger partial charge >= 0.3 is 0 Å². The Bertz CT molecular complexity index is 484. The molecule has 0 N–H and O–H groups in total. The number of carbonyl (C=O) groups excluding carboxylic acids is 2. The van der Waals surface area contributed by atoms with E-state index in [-0.39, 0.29) is 11.9 Å². The maximum Gasteiger partial charge on any atom is 0.227 e. The molecule has 0 saturated carbocycles. The number of rotatable bonds is 3. The molecule has 2 rings (SSSR count). The normalized spacial score (nSPS) is 19.5. The molecule has 0 radical (unpaired) electrons. The molecule has 4 heteroatoms. The predicted molar refractivity (Wildman–Crippen MR) is 75.3 cm³/mol. The lowest BCUT2D eigenvalue weighted by Gasteiger charge is -2.23. The molecule has 0 spiro atoms. The van der Waals surface area contributed by atoms with Crippen LogP contribution in [0.5, 0.6) is 0 Å². The van der Waals surface area contributed by atoms with Gasteiger partial charge in [-0.05, 0) is 47.2 Å². The average Bonchev–Trinajstić information content (AvgIpc) is 2.70. The Hall–Kier alpha value is -1.17. The van der Waals surface area contributed by atoms with E-state index in [0.717, 1.165) is 16.3 Å². The first-order valence-electron chi connectivity index (χ1n) is 5.36. The van der Waals surface area contributed by atoms with Crippen LogP contribution in [0, 0.1) is 3.57 Å². The summed E-state index contributed by atoms with van der Waals surface area (Å²) in [4.78, 5) is 24.6. The van der Waals surface area contributed by atoms with Crippen molar-refractivity contribution in [2.75, 3.05) is 4.90 Å². The Labute approximate surface area is 114 Å². The number of amides is 1. The molecular formula is C13H12INO2. The molecule has 1 saturated heterocycles. The van der Waals surface area contributed by atoms with Crippen molar-refractivity contribution in [3.8, 4) is 0 Å². The van der Waals surface area contributed by atoms with Gasteiger partial charge in [0, 0.05) is 15.6 Å². The van der Waals surface area contributed by atoms with Crippen molar-refractivity contribution < 1.29 is 9.59 Å². The Balaban J connectivity index is 2.48. The van der Waals surface area contributed by atoms with E-state index >= 15 is 0 Å². The quantitative estimate of drug-likeness (QED) is 0.482. The minimum Gasteiger partial charge on any atom is -0.305 e. The first kappa shape index (κ1) is 12.3. The number of benzene rings is 1. The molecule has 1 fully saturated rings. The molecule has 17 heavy (non-hydrogen) atoms. The average molecular weight is 341 g/mol. The SMILES string of the molecule is C=CC1CCC(=O)N1c1ccc(I)cc1C=O. The minimum absolute atomic E-state index is 0.00117. The Kier molecular flexibility index (Phi) is 3.61. The lowest BCUT2D eigenvalue weighted by Crippen LogP contribution is -2.32. The zero-order valence-corrected chi connectivity index (χ0v) is 11.4. The highest BCUT2D eigenvalue weighted by Crippen LogP contribution is 2.30. The Morgan fingerprint density at radius 1 is 1.47 bits per heavy atom. The topological polar surface area (TPSA) is 37.4 Å². The summed E-state index contributed by atoms with van der Waals surface area (Å²) in [7, 11) is 0. The van der Waals surface area contributed by atoms with E-state index in [2.05, 4.69) is 29.2 Å². The van der Waals surface area contributed by atoms with Crippen LogP contribution >= 0.6 is 22.6 Å². The highest BCUT2D eigenvalue weighted by molar-refractivity contribution is 14.1. The molecule has 1 unspecified atom stereocenters. The van der Waals surface area contributed by atoms with Gasteiger partial charge in [0.15, 0.2) is 6.29 Å². The minimum atomic E-state index is 0.00117. The van der Waals surface area contributed by atoms with E-state index in [0.29, 0.717) is 17.7 Å². The molecule has 1 aromatic rings. The van der Waals surface area contributed by atoms with Gasteiger partial charge in [0.05, 0.1) is 11.7 Å². The van der Waals surface area contributed by atoms with Crippen LogP contribution in [-0.4, -0.2) is 18.2 Å². The highest BCUT2D eigenvalue weighted by Gasteiger charge is 2.31. The van der Waals surface area contributed by atoms with Crippen LogP contribution in [-0.2, 0) is 4.79 Å². The summed E-state index contributed by atoms with van der Waals surface area (Å²) in [6, 6.07) is 5.51. The third kappa shape index (κ3) is 2.26. The van der Waals surface area contributed by atoms with Gasteiger partial charge in [-0.25, -0.2) is 0 Å². The number of anilines is 1. The number of hydrogen-bond donors (Lipinski definition) is 0. The van der Waals surface area contributed by atoms with Crippen molar-refractivity contribution in [3.05, 3.63) is 40.0 Å². The standard InChI is InChI=1S/C13H12INO2/c1-2-11-4-6-13(17)15(11)12-5-3-10(14)7-9(12)8-16/h2-3,5,7-8,11H,1,4,6H2. The van der Waals surface area contributed by atoms with Crippen LogP contribution in [0.1, 0.15) is 23.2 Å². The smallest absolute Gasteiger partial charge is 0.227 e. The van der Waals surface area contributed by atoms with E-state index in [1.165, 1.54) is 0 Å². The van der Waals surface area contributed by atoms with Gasteiger partial charge < -0.3 is 4.90 Å². The van der Waals surface area contributed by atoms with Gasteiger partial charge in [-0.15, -0.1) is 6.58 Å². The molecular weight excluding hydrogens is 329 g/mol. The van der Waals surface area contributed by atoms with Crippen molar-refractivity contribution in [1.82, 2.24) is 0 Å². The maximum atomic E-state index is 11.9. The second-order valence-electron chi connectivity index (χ2n) is 3.93. The molecule has 88 valence electrons. The van der Waals surface area contributed by atoms with Crippen LogP contribution in [0.3, 0.4) is 0 Å². The summed E-state index contributed by atoms with van der Waals surface area (Å²) < 4.78 is 0.982. The molecule has 0 aliphatic carbocycles. The monoisotopic (exact) mass is 341 g/mol. The van der Waals surface area contributed by atoms with E-state index in [9.17, 15) is 9.59 Å². The third-order valence-electron chi connectivity index (χ3n) is 2.90. The highest BCUT2D eigenvalue weighted by atomic mass is 127. The van der Waals surface area contributed by atoms with Gasteiger partial charge in [0.1, 0.15) is 0 Å². The largest absolute Gasteiger partial charge is 0.305 e. The predicted octanol–water partition coefficient (Wildman–Crippen LogP) is 2.79. The summed E-state index contributed by atoms with van der Waals surface area (Å²) in [6.45, 7) is 3.74. The fourth-order valence-corrected chi connectivity index (χ4v) is 2.60. The molecule has 3 nitrogen and oxygen atoms in total. The van der Waals surface area contributed by atoms with Gasteiger partial charge in [-0.1, -0.05) is 6.08 Å². The lowest BCUT2D eigenvalue weighted by atomic mass is 10.1. The van der Waals surface area contributed by atoms with Crippen molar-refractivity contribution in [2.45, 2.75) is 18.9 Å². The third-order valence-corrected chi connectivity index (χ3v) is 3.57. The van der Waals surface area contributed by atoms with E-state index in [1.54, 1.807) is 17.0 Å². The first-order valence-corrected chi connectivity index (χ1v) is 6.44. The molecule has 1 heterocycles. The fourth-order valence-electron chi connectivity index (χ4n) is 2.08. The number of halogens is 1. The second-order valence-corrected chi connectivity index (χ2v) is 5.17. The van der Waals surface area contributed by atoms with Gasteiger partial charge in [-0.3, -0.25) is 9.59 Å². The summed E-state index contributed by atoms with van der Waals surface area (Å²) in [5.41, 5.74) is 1.24. The zero-order valence-electron chi connectivity index (χ0n) is 9.23. The summed E-state index contributed by atoms with van der Waals surface area (Å²) in [6.07, 6.45) is 3.84.